The van der Waals surface area contributed by atoms with Gasteiger partial charge in [0.05, 0.1) is 24.3 Å². The van der Waals surface area contributed by atoms with Gasteiger partial charge in [-0.15, -0.1) is 0 Å². The van der Waals surface area contributed by atoms with Gasteiger partial charge >= 0.3 is 0 Å². The van der Waals surface area contributed by atoms with E-state index < -0.39 is 5.82 Å². The maximum atomic E-state index is 13.0. The van der Waals surface area contributed by atoms with E-state index in [0.29, 0.717) is 17.2 Å². The lowest BCUT2D eigenvalue weighted by Gasteiger charge is -2.01. The molecule has 3 aromatic rings. The molecule has 0 aliphatic heterocycles. The lowest BCUT2D eigenvalue weighted by atomic mass is 10.4. The Morgan fingerprint density at radius 3 is 2.78 bits per heavy atom. The predicted octanol–water partition coefficient (Wildman–Crippen LogP) is 2.29. The molecule has 0 saturated heterocycles. The Bertz CT molecular complexity index is 739. The van der Waals surface area contributed by atoms with Crippen LogP contribution in [0.15, 0.2) is 24.8 Å². The number of hydrogen-bond acceptors (Lipinski definition) is 4. The van der Waals surface area contributed by atoms with Crippen molar-refractivity contribution in [2.75, 3.05) is 0 Å². The maximum Gasteiger partial charge on any atom is 0.179 e. The molecule has 7 heteroatoms. The molecule has 0 spiro atoms. The Morgan fingerprint density at radius 1 is 1.17 bits per heavy atom. The second-order valence-electron chi connectivity index (χ2n) is 3.73. The summed E-state index contributed by atoms with van der Waals surface area (Å²) in [6.07, 6.45) is 6.08. The summed E-state index contributed by atoms with van der Waals surface area (Å²) in [7, 11) is 0. The Balaban J connectivity index is 2.24. The topological polar surface area (TPSA) is 56.0 Å². The van der Waals surface area contributed by atoms with Crippen molar-refractivity contribution in [3.8, 4) is 11.5 Å². The standard InChI is InChI=1S/C11H7ClFN5/c1-6-5-18-8(3-15-9(18)4-14-6)11-16-2-7(13)10(12)17-11/h2-5H,1H3. The number of fused-ring (bicyclic) bond motifs is 1. The van der Waals surface area contributed by atoms with Gasteiger partial charge in [0.25, 0.3) is 0 Å². The van der Waals surface area contributed by atoms with Gasteiger partial charge in [-0.1, -0.05) is 11.6 Å². The zero-order chi connectivity index (χ0) is 12.7. The molecule has 0 aliphatic rings. The largest absolute Gasteiger partial charge is 0.294 e. The summed E-state index contributed by atoms with van der Waals surface area (Å²) in [5, 5.41) is -0.208. The van der Waals surface area contributed by atoms with Crippen LogP contribution in [0.2, 0.25) is 5.15 Å². The summed E-state index contributed by atoms with van der Waals surface area (Å²) < 4.78 is 14.8. The van der Waals surface area contributed by atoms with E-state index in [9.17, 15) is 4.39 Å². The number of halogens is 2. The van der Waals surface area contributed by atoms with E-state index in [-0.39, 0.29) is 5.15 Å². The maximum absolute atomic E-state index is 13.0. The van der Waals surface area contributed by atoms with E-state index in [1.54, 1.807) is 23.0 Å². The third-order valence-electron chi connectivity index (χ3n) is 2.46. The molecule has 0 saturated carbocycles. The molecule has 0 aromatic carbocycles. The molecular formula is C11H7ClFN5. The van der Waals surface area contributed by atoms with E-state index in [2.05, 4.69) is 19.9 Å². The van der Waals surface area contributed by atoms with Gasteiger partial charge in [0.1, 0.15) is 5.69 Å². The molecule has 0 unspecified atom stereocenters. The SMILES string of the molecule is Cc1cn2c(-c3ncc(F)c(Cl)n3)cnc2cn1. The van der Waals surface area contributed by atoms with Crippen LogP contribution in [0.25, 0.3) is 17.2 Å². The number of nitrogens with zero attached hydrogens (tertiary/aromatic N) is 5. The summed E-state index contributed by atoms with van der Waals surface area (Å²) in [4.78, 5) is 16.1. The highest BCUT2D eigenvalue weighted by Crippen LogP contribution is 2.19. The fourth-order valence-electron chi connectivity index (χ4n) is 1.62. The van der Waals surface area contributed by atoms with Gasteiger partial charge in [0.15, 0.2) is 22.4 Å². The first kappa shape index (κ1) is 11.0. The van der Waals surface area contributed by atoms with E-state index in [4.69, 9.17) is 11.6 Å². The fourth-order valence-corrected chi connectivity index (χ4v) is 1.75. The third kappa shape index (κ3) is 1.70. The van der Waals surface area contributed by atoms with Gasteiger partial charge in [-0.05, 0) is 6.92 Å². The number of hydrogen-bond donors (Lipinski definition) is 0. The molecule has 0 fully saturated rings. The van der Waals surface area contributed by atoms with Crippen LogP contribution in [0, 0.1) is 12.7 Å². The first-order chi connectivity index (χ1) is 8.65. The van der Waals surface area contributed by atoms with Crippen molar-refractivity contribution >= 4 is 17.2 Å². The number of rotatable bonds is 1. The van der Waals surface area contributed by atoms with E-state index in [0.717, 1.165) is 11.9 Å². The van der Waals surface area contributed by atoms with Gasteiger partial charge in [-0.25, -0.2) is 19.3 Å². The van der Waals surface area contributed by atoms with Gasteiger partial charge in [0, 0.05) is 6.20 Å². The highest BCUT2D eigenvalue weighted by molar-refractivity contribution is 6.29. The van der Waals surface area contributed by atoms with Crippen LogP contribution in [0.1, 0.15) is 5.69 Å². The van der Waals surface area contributed by atoms with Crippen molar-refractivity contribution in [3.63, 3.8) is 0 Å². The molecule has 0 amide bonds. The lowest BCUT2D eigenvalue weighted by Crippen LogP contribution is -1.97. The summed E-state index contributed by atoms with van der Waals surface area (Å²) in [5.74, 6) is -0.327. The van der Waals surface area contributed by atoms with Crippen molar-refractivity contribution < 1.29 is 4.39 Å². The van der Waals surface area contributed by atoms with Crippen LogP contribution in [0.3, 0.4) is 0 Å². The molecule has 0 radical (unpaired) electrons. The monoisotopic (exact) mass is 263 g/mol. The van der Waals surface area contributed by atoms with E-state index in [1.165, 1.54) is 0 Å². The highest BCUT2D eigenvalue weighted by atomic mass is 35.5. The molecule has 18 heavy (non-hydrogen) atoms. The van der Waals surface area contributed by atoms with Crippen LogP contribution in [0.5, 0.6) is 0 Å². The normalized spacial score (nSPS) is 11.1. The average Bonchev–Trinajstić information content (AvgIpc) is 2.75. The Kier molecular flexibility index (Phi) is 2.45. The van der Waals surface area contributed by atoms with Crippen molar-refractivity contribution in [1.29, 1.82) is 0 Å². The lowest BCUT2D eigenvalue weighted by molar-refractivity contribution is 0.614. The zero-order valence-corrected chi connectivity index (χ0v) is 10.1. The van der Waals surface area contributed by atoms with Crippen molar-refractivity contribution in [2.45, 2.75) is 6.92 Å². The summed E-state index contributed by atoms with van der Waals surface area (Å²) in [6.45, 7) is 1.86. The third-order valence-corrected chi connectivity index (χ3v) is 2.72. The van der Waals surface area contributed by atoms with E-state index in [1.807, 2.05) is 6.92 Å². The van der Waals surface area contributed by atoms with Crippen LogP contribution in [0.4, 0.5) is 4.39 Å². The minimum Gasteiger partial charge on any atom is -0.294 e. The second-order valence-corrected chi connectivity index (χ2v) is 4.09. The van der Waals surface area contributed by atoms with Gasteiger partial charge in [-0.3, -0.25) is 9.38 Å². The molecule has 5 nitrogen and oxygen atoms in total. The molecule has 0 aliphatic carbocycles. The van der Waals surface area contributed by atoms with Crippen LogP contribution in [-0.2, 0) is 0 Å². The molecule has 0 atom stereocenters. The molecule has 90 valence electrons. The van der Waals surface area contributed by atoms with Crippen LogP contribution in [-0.4, -0.2) is 24.3 Å². The summed E-state index contributed by atoms with van der Waals surface area (Å²) in [6, 6.07) is 0. The number of aromatic nitrogens is 5. The van der Waals surface area contributed by atoms with Crippen molar-refractivity contribution in [2.24, 2.45) is 0 Å². The quantitative estimate of drug-likeness (QED) is 0.632. The highest BCUT2D eigenvalue weighted by Gasteiger charge is 2.11. The molecule has 0 N–H and O–H groups in total. The Hall–Kier alpha value is -2.08. The van der Waals surface area contributed by atoms with Crippen molar-refractivity contribution in [1.82, 2.24) is 24.3 Å². The van der Waals surface area contributed by atoms with Crippen molar-refractivity contribution in [3.05, 3.63) is 41.5 Å². The molecule has 3 rings (SSSR count). The zero-order valence-electron chi connectivity index (χ0n) is 9.30. The second kappa shape index (κ2) is 3.99. The van der Waals surface area contributed by atoms with Gasteiger partial charge in [-0.2, -0.15) is 0 Å². The van der Waals surface area contributed by atoms with Crippen LogP contribution < -0.4 is 0 Å². The predicted molar refractivity (Wildman–Crippen MR) is 63.7 cm³/mol. The molecule has 3 aromatic heterocycles. The minimum atomic E-state index is -0.646. The fraction of sp³-hybridized carbons (Fsp3) is 0.0909. The summed E-state index contributed by atoms with van der Waals surface area (Å²) >= 11 is 5.65. The van der Waals surface area contributed by atoms with Gasteiger partial charge < -0.3 is 0 Å². The smallest absolute Gasteiger partial charge is 0.179 e. The number of imidazole rings is 1. The first-order valence-electron chi connectivity index (χ1n) is 5.13. The van der Waals surface area contributed by atoms with E-state index >= 15 is 0 Å². The first-order valence-corrected chi connectivity index (χ1v) is 5.51. The molecule has 3 heterocycles. The molecular weight excluding hydrogens is 257 g/mol. The Labute approximate surface area is 106 Å². The Morgan fingerprint density at radius 2 is 2.00 bits per heavy atom. The number of aryl methyl sites for hydroxylation is 1. The minimum absolute atomic E-state index is 0.208. The van der Waals surface area contributed by atoms with Gasteiger partial charge in [0.2, 0.25) is 0 Å². The van der Waals surface area contributed by atoms with Crippen LogP contribution >= 0.6 is 11.6 Å². The molecule has 0 bridgehead atoms. The average molecular weight is 264 g/mol. The summed E-state index contributed by atoms with van der Waals surface area (Å²) in [5.41, 5.74) is 2.13.